The molecule has 9 nitrogen and oxygen atoms in total. The summed E-state index contributed by atoms with van der Waals surface area (Å²) in [7, 11) is 0. The summed E-state index contributed by atoms with van der Waals surface area (Å²) in [5.74, 6) is -1.60. The van der Waals surface area contributed by atoms with E-state index in [1.807, 2.05) is 13.8 Å². The van der Waals surface area contributed by atoms with Gasteiger partial charge in [-0.3, -0.25) is 19.2 Å². The van der Waals surface area contributed by atoms with Crippen LogP contribution in [0.5, 0.6) is 0 Å². The summed E-state index contributed by atoms with van der Waals surface area (Å²) in [5.41, 5.74) is 5.57. The van der Waals surface area contributed by atoms with E-state index in [9.17, 15) is 19.2 Å². The minimum Gasteiger partial charge on any atom is -0.351 e. The van der Waals surface area contributed by atoms with E-state index in [1.165, 1.54) is 38.5 Å². The predicted molar refractivity (Wildman–Crippen MR) is 138 cm³/mol. The molecular formula is C26H49N5O4. The standard InChI is InChI=1S/C26H49N5O4/c1-4-5-6-7-8-9-10-11-12-14-20-17-22(32)28-18-23(33)30-21(15-13-16-27)25(34)31-24(19(2)3)26(35)29-20/h19-21,24H,4-18,27H2,1-3H3,(H,28,32)(H,29,35)(H,30,33)(H,31,34)/t20-,21+,24+/m1/s1. The molecule has 0 aliphatic carbocycles. The second kappa shape index (κ2) is 18.2. The maximum atomic E-state index is 13.1. The lowest BCUT2D eigenvalue weighted by molar-refractivity contribution is -0.133. The fourth-order valence-electron chi connectivity index (χ4n) is 4.32. The zero-order chi connectivity index (χ0) is 26.1. The van der Waals surface area contributed by atoms with Crippen LogP contribution in [-0.4, -0.2) is 54.8 Å². The van der Waals surface area contributed by atoms with Crippen molar-refractivity contribution in [3.63, 3.8) is 0 Å². The van der Waals surface area contributed by atoms with Crippen molar-refractivity contribution in [2.75, 3.05) is 13.1 Å². The molecule has 1 rings (SSSR count). The molecule has 0 aromatic rings. The number of amides is 4. The van der Waals surface area contributed by atoms with Crippen LogP contribution < -0.4 is 27.0 Å². The van der Waals surface area contributed by atoms with Crippen molar-refractivity contribution >= 4 is 23.6 Å². The van der Waals surface area contributed by atoms with Gasteiger partial charge in [0.05, 0.1) is 6.54 Å². The smallest absolute Gasteiger partial charge is 0.243 e. The Balaban J connectivity index is 2.76. The summed E-state index contributed by atoms with van der Waals surface area (Å²) < 4.78 is 0. The molecule has 1 heterocycles. The van der Waals surface area contributed by atoms with Crippen LogP contribution in [0.15, 0.2) is 0 Å². The molecule has 1 aliphatic heterocycles. The van der Waals surface area contributed by atoms with E-state index in [0.29, 0.717) is 25.8 Å². The number of nitrogens with two attached hydrogens (primary N) is 1. The van der Waals surface area contributed by atoms with Crippen LogP contribution >= 0.6 is 0 Å². The Labute approximate surface area is 211 Å². The van der Waals surface area contributed by atoms with Crippen molar-refractivity contribution < 1.29 is 19.2 Å². The summed E-state index contributed by atoms with van der Waals surface area (Å²) in [6, 6.07) is -1.91. The molecule has 202 valence electrons. The van der Waals surface area contributed by atoms with Gasteiger partial charge in [-0.05, 0) is 31.7 Å². The third-order valence-electron chi connectivity index (χ3n) is 6.48. The molecule has 3 atom stereocenters. The van der Waals surface area contributed by atoms with Crippen LogP contribution in [0.1, 0.15) is 104 Å². The molecule has 0 aromatic heterocycles. The fraction of sp³-hybridized carbons (Fsp3) is 0.846. The van der Waals surface area contributed by atoms with E-state index in [0.717, 1.165) is 19.3 Å². The minimum absolute atomic E-state index is 0.103. The number of carbonyl (C=O) groups excluding carboxylic acids is 4. The summed E-state index contributed by atoms with van der Waals surface area (Å²) in [6.07, 6.45) is 12.4. The van der Waals surface area contributed by atoms with Gasteiger partial charge in [0, 0.05) is 12.5 Å². The van der Waals surface area contributed by atoms with Crippen molar-refractivity contribution in [1.29, 1.82) is 0 Å². The van der Waals surface area contributed by atoms with Crippen molar-refractivity contribution in [1.82, 2.24) is 21.3 Å². The van der Waals surface area contributed by atoms with Crippen molar-refractivity contribution in [3.8, 4) is 0 Å². The topological polar surface area (TPSA) is 142 Å². The first-order valence-corrected chi connectivity index (χ1v) is 13.6. The van der Waals surface area contributed by atoms with Gasteiger partial charge in [-0.2, -0.15) is 0 Å². The molecule has 9 heteroatoms. The molecule has 6 N–H and O–H groups in total. The van der Waals surface area contributed by atoms with Gasteiger partial charge in [-0.1, -0.05) is 78.6 Å². The molecule has 1 fully saturated rings. The molecule has 35 heavy (non-hydrogen) atoms. The van der Waals surface area contributed by atoms with Crippen molar-refractivity contribution in [3.05, 3.63) is 0 Å². The third-order valence-corrected chi connectivity index (χ3v) is 6.48. The Hall–Kier alpha value is -2.16. The van der Waals surface area contributed by atoms with Gasteiger partial charge in [-0.15, -0.1) is 0 Å². The van der Waals surface area contributed by atoms with E-state index >= 15 is 0 Å². The van der Waals surface area contributed by atoms with Gasteiger partial charge in [0.15, 0.2) is 0 Å². The number of unbranched alkanes of at least 4 members (excludes halogenated alkanes) is 8. The zero-order valence-electron chi connectivity index (χ0n) is 22.1. The number of hydrogen-bond donors (Lipinski definition) is 5. The molecule has 0 radical (unpaired) electrons. The van der Waals surface area contributed by atoms with Crippen LogP contribution in [0.3, 0.4) is 0 Å². The SMILES string of the molecule is CCCCCCCCCCC[C@@H]1CC(=O)NCC(=O)N[C@@H](CCCN)C(=O)N[C@@H](C(C)C)C(=O)N1. The van der Waals surface area contributed by atoms with Gasteiger partial charge in [0.2, 0.25) is 23.6 Å². The quantitative estimate of drug-likeness (QED) is 0.235. The van der Waals surface area contributed by atoms with Crippen LogP contribution in [0.2, 0.25) is 0 Å². The first-order chi connectivity index (χ1) is 16.8. The predicted octanol–water partition coefficient (Wildman–Crippen LogP) is 2.28. The highest BCUT2D eigenvalue weighted by Crippen LogP contribution is 2.14. The largest absolute Gasteiger partial charge is 0.351 e. The van der Waals surface area contributed by atoms with E-state index in [2.05, 4.69) is 28.2 Å². The molecule has 0 unspecified atom stereocenters. The number of carbonyl (C=O) groups is 4. The van der Waals surface area contributed by atoms with Gasteiger partial charge in [-0.25, -0.2) is 0 Å². The Morgan fingerprint density at radius 2 is 1.40 bits per heavy atom. The lowest BCUT2D eigenvalue weighted by Gasteiger charge is -2.27. The van der Waals surface area contributed by atoms with Crippen molar-refractivity contribution in [2.24, 2.45) is 11.7 Å². The Kier molecular flexibility index (Phi) is 16.0. The third kappa shape index (κ3) is 13.5. The lowest BCUT2D eigenvalue weighted by Crippen LogP contribution is -2.56. The summed E-state index contributed by atoms with van der Waals surface area (Å²) in [6.45, 7) is 6.11. The normalized spacial score (nSPS) is 22.4. The molecule has 4 amide bonds. The Morgan fingerprint density at radius 1 is 0.771 bits per heavy atom. The fourth-order valence-corrected chi connectivity index (χ4v) is 4.32. The molecular weight excluding hydrogens is 446 g/mol. The monoisotopic (exact) mass is 495 g/mol. The highest BCUT2D eigenvalue weighted by molar-refractivity contribution is 5.94. The first-order valence-electron chi connectivity index (χ1n) is 13.6. The summed E-state index contributed by atoms with van der Waals surface area (Å²) >= 11 is 0. The van der Waals surface area contributed by atoms with E-state index in [1.54, 1.807) is 0 Å². The highest BCUT2D eigenvalue weighted by atomic mass is 16.2. The van der Waals surface area contributed by atoms with E-state index in [4.69, 9.17) is 5.73 Å². The lowest BCUT2D eigenvalue weighted by atomic mass is 9.99. The van der Waals surface area contributed by atoms with Crippen LogP contribution in [-0.2, 0) is 19.2 Å². The maximum absolute atomic E-state index is 13.1. The summed E-state index contributed by atoms with van der Waals surface area (Å²) in [4.78, 5) is 50.8. The Bertz CT molecular complexity index is 656. The Morgan fingerprint density at radius 3 is 2.00 bits per heavy atom. The van der Waals surface area contributed by atoms with Crippen molar-refractivity contribution in [2.45, 2.75) is 122 Å². The molecule has 0 spiro atoms. The van der Waals surface area contributed by atoms with Gasteiger partial charge in [0.1, 0.15) is 12.1 Å². The number of rotatable bonds is 14. The molecule has 1 saturated heterocycles. The molecule has 0 bridgehead atoms. The zero-order valence-corrected chi connectivity index (χ0v) is 22.1. The van der Waals surface area contributed by atoms with E-state index in [-0.39, 0.29) is 36.7 Å². The van der Waals surface area contributed by atoms with Gasteiger partial charge < -0.3 is 27.0 Å². The van der Waals surface area contributed by atoms with Crippen LogP contribution in [0.4, 0.5) is 0 Å². The minimum atomic E-state index is -0.810. The second-order valence-electron chi connectivity index (χ2n) is 10.1. The second-order valence-corrected chi connectivity index (χ2v) is 10.1. The number of nitrogens with one attached hydrogen (secondary N) is 4. The van der Waals surface area contributed by atoms with Gasteiger partial charge in [0.25, 0.3) is 0 Å². The number of hydrogen-bond acceptors (Lipinski definition) is 5. The summed E-state index contributed by atoms with van der Waals surface area (Å²) in [5, 5.41) is 11.1. The maximum Gasteiger partial charge on any atom is 0.243 e. The van der Waals surface area contributed by atoms with Crippen LogP contribution in [0.25, 0.3) is 0 Å². The van der Waals surface area contributed by atoms with E-state index < -0.39 is 23.9 Å². The van der Waals surface area contributed by atoms with Crippen LogP contribution in [0, 0.1) is 5.92 Å². The average molecular weight is 496 g/mol. The molecule has 0 saturated carbocycles. The first kappa shape index (κ1) is 30.9. The molecule has 1 aliphatic rings. The molecule has 0 aromatic carbocycles. The van der Waals surface area contributed by atoms with Gasteiger partial charge >= 0.3 is 0 Å². The highest BCUT2D eigenvalue weighted by Gasteiger charge is 2.30. The average Bonchev–Trinajstić information content (AvgIpc) is 2.82.